The topological polar surface area (TPSA) is 19.7 Å². The van der Waals surface area contributed by atoms with Crippen molar-refractivity contribution in [2.45, 2.75) is 10.7 Å². The van der Waals surface area contributed by atoms with Crippen molar-refractivity contribution < 1.29 is 13.7 Å². The molecule has 0 amide bonds. The highest BCUT2D eigenvalue weighted by molar-refractivity contribution is 7.99. The van der Waals surface area contributed by atoms with E-state index in [9.17, 15) is 8.78 Å². The van der Waals surface area contributed by atoms with E-state index in [0.717, 1.165) is 31.9 Å². The quantitative estimate of drug-likeness (QED) is 0.650. The number of halogens is 2. The van der Waals surface area contributed by atoms with Crippen LogP contribution in [-0.4, -0.2) is 49.0 Å². The molecule has 1 aromatic carbocycles. The zero-order valence-electron chi connectivity index (χ0n) is 11.2. The third-order valence-electron chi connectivity index (χ3n) is 3.23. The lowest BCUT2D eigenvalue weighted by Crippen LogP contribution is -3.12. The zero-order chi connectivity index (χ0) is 14.5. The van der Waals surface area contributed by atoms with Crippen molar-refractivity contribution in [1.29, 1.82) is 0 Å². The maximum Gasteiger partial charge on any atom is 0.288 e. The Balaban J connectivity index is 1.88. The largest absolute Gasteiger partial charge is 0.338 e. The molecule has 0 aliphatic carbocycles. The van der Waals surface area contributed by atoms with Gasteiger partial charge in [-0.05, 0) is 36.5 Å². The number of piperazine rings is 1. The minimum atomic E-state index is -2.39. The van der Waals surface area contributed by atoms with Gasteiger partial charge in [-0.2, -0.15) is 8.78 Å². The number of thioether (sulfide) groups is 1. The van der Waals surface area contributed by atoms with Crippen LogP contribution in [0.3, 0.4) is 0 Å². The van der Waals surface area contributed by atoms with Gasteiger partial charge in [-0.25, -0.2) is 0 Å². The van der Waals surface area contributed by atoms with Crippen molar-refractivity contribution in [1.82, 2.24) is 4.90 Å². The van der Waals surface area contributed by atoms with E-state index in [2.05, 4.69) is 17.3 Å². The van der Waals surface area contributed by atoms with Crippen LogP contribution in [0.5, 0.6) is 0 Å². The summed E-state index contributed by atoms with van der Waals surface area (Å²) in [6.07, 6.45) is 0. The Morgan fingerprint density at radius 2 is 1.90 bits per heavy atom. The van der Waals surface area contributed by atoms with E-state index < -0.39 is 5.76 Å². The van der Waals surface area contributed by atoms with Crippen LogP contribution in [0.4, 0.5) is 14.5 Å². The van der Waals surface area contributed by atoms with Gasteiger partial charge in [0.1, 0.15) is 0 Å². The van der Waals surface area contributed by atoms with Crippen molar-refractivity contribution in [2.24, 2.45) is 0 Å². The molecule has 1 aliphatic rings. The first-order chi connectivity index (χ1) is 9.54. The predicted molar refractivity (Wildman–Crippen MR) is 82.7 cm³/mol. The monoisotopic (exact) mass is 318 g/mol. The standard InChI is InChI=1S/C13H17F2N3S2/c1-17-6-8-18(9-7-17)13(19)16-10-2-4-11(5-3-10)20-12(14)15/h2-5,12H,6-9H2,1H3,(H,16,19)/p+1. The van der Waals surface area contributed by atoms with Crippen LogP contribution in [0.1, 0.15) is 0 Å². The number of anilines is 1. The molecule has 1 aliphatic heterocycles. The predicted octanol–water partition coefficient (Wildman–Crippen LogP) is 1.53. The summed E-state index contributed by atoms with van der Waals surface area (Å²) < 4.78 is 24.4. The maximum atomic E-state index is 12.2. The molecular weight excluding hydrogens is 300 g/mol. The number of hydrogen-bond donors (Lipinski definition) is 2. The molecule has 1 fully saturated rings. The van der Waals surface area contributed by atoms with E-state index in [1.54, 1.807) is 24.3 Å². The van der Waals surface area contributed by atoms with Crippen LogP contribution in [0.2, 0.25) is 0 Å². The zero-order valence-corrected chi connectivity index (χ0v) is 12.9. The van der Waals surface area contributed by atoms with E-state index in [0.29, 0.717) is 21.8 Å². The fraction of sp³-hybridized carbons (Fsp3) is 0.462. The Morgan fingerprint density at radius 3 is 2.45 bits per heavy atom. The molecule has 2 rings (SSSR count). The molecule has 0 bridgehead atoms. The van der Waals surface area contributed by atoms with E-state index in [4.69, 9.17) is 12.2 Å². The van der Waals surface area contributed by atoms with Gasteiger partial charge in [0, 0.05) is 10.6 Å². The van der Waals surface area contributed by atoms with Crippen LogP contribution < -0.4 is 10.2 Å². The molecule has 110 valence electrons. The summed E-state index contributed by atoms with van der Waals surface area (Å²) in [5.41, 5.74) is 0.833. The molecule has 0 atom stereocenters. The number of nitrogens with zero attached hydrogens (tertiary/aromatic N) is 1. The van der Waals surface area contributed by atoms with Crippen LogP contribution in [0, 0.1) is 0 Å². The highest BCUT2D eigenvalue weighted by atomic mass is 32.2. The van der Waals surface area contributed by atoms with Gasteiger partial charge in [0.05, 0.1) is 33.2 Å². The number of hydrogen-bond acceptors (Lipinski definition) is 2. The fourth-order valence-corrected chi connectivity index (χ4v) is 2.81. The molecule has 0 saturated carbocycles. The lowest BCUT2D eigenvalue weighted by Gasteiger charge is -2.32. The maximum absolute atomic E-state index is 12.2. The number of quaternary nitrogens is 1. The molecule has 0 aromatic heterocycles. The second kappa shape index (κ2) is 7.19. The molecule has 0 spiro atoms. The van der Waals surface area contributed by atoms with Crippen molar-refractivity contribution in [3.05, 3.63) is 24.3 Å². The lowest BCUT2D eigenvalue weighted by molar-refractivity contribution is -0.883. The molecule has 2 N–H and O–H groups in total. The van der Waals surface area contributed by atoms with Gasteiger partial charge < -0.3 is 15.1 Å². The molecule has 1 heterocycles. The summed E-state index contributed by atoms with van der Waals surface area (Å²) >= 11 is 5.92. The van der Waals surface area contributed by atoms with Crippen molar-refractivity contribution in [3.63, 3.8) is 0 Å². The molecule has 7 heteroatoms. The van der Waals surface area contributed by atoms with E-state index >= 15 is 0 Å². The molecule has 20 heavy (non-hydrogen) atoms. The smallest absolute Gasteiger partial charge is 0.288 e. The number of benzene rings is 1. The summed E-state index contributed by atoms with van der Waals surface area (Å²) in [5.74, 6) is -2.39. The molecule has 0 radical (unpaired) electrons. The van der Waals surface area contributed by atoms with Crippen LogP contribution in [0.25, 0.3) is 0 Å². The normalized spacial score (nSPS) is 16.5. The number of thiocarbonyl (C=S) groups is 1. The van der Waals surface area contributed by atoms with E-state index in [1.165, 1.54) is 4.90 Å². The molecular formula is C13H18F2N3S2+. The number of nitrogens with one attached hydrogen (secondary N) is 2. The fourth-order valence-electron chi connectivity index (χ4n) is 2.01. The van der Waals surface area contributed by atoms with E-state index in [-0.39, 0.29) is 0 Å². The van der Waals surface area contributed by atoms with Gasteiger partial charge in [-0.1, -0.05) is 11.8 Å². The van der Waals surface area contributed by atoms with Gasteiger partial charge in [0.15, 0.2) is 5.11 Å². The Hall–Kier alpha value is -0.920. The van der Waals surface area contributed by atoms with Gasteiger partial charge in [0.2, 0.25) is 0 Å². The average Bonchev–Trinajstić information content (AvgIpc) is 2.41. The van der Waals surface area contributed by atoms with Crippen molar-refractivity contribution >= 4 is 34.8 Å². The first-order valence-corrected chi connectivity index (χ1v) is 7.75. The minimum Gasteiger partial charge on any atom is -0.338 e. The van der Waals surface area contributed by atoms with Gasteiger partial charge in [-0.15, -0.1) is 0 Å². The number of likely N-dealkylation sites (N-methyl/N-ethyl adjacent to an activating group) is 1. The molecule has 1 saturated heterocycles. The highest BCUT2D eigenvalue weighted by Gasteiger charge is 2.18. The van der Waals surface area contributed by atoms with Crippen LogP contribution in [0.15, 0.2) is 29.2 Å². The third-order valence-corrected chi connectivity index (χ3v) is 4.32. The van der Waals surface area contributed by atoms with Crippen molar-refractivity contribution in [2.75, 3.05) is 38.5 Å². The summed E-state index contributed by atoms with van der Waals surface area (Å²) in [4.78, 5) is 4.21. The Bertz CT molecular complexity index is 445. The van der Waals surface area contributed by atoms with Gasteiger partial charge in [0.25, 0.3) is 5.76 Å². The minimum absolute atomic E-state index is 0.547. The first kappa shape index (κ1) is 15.5. The number of alkyl halides is 2. The van der Waals surface area contributed by atoms with Crippen LogP contribution in [-0.2, 0) is 0 Å². The molecule has 3 nitrogen and oxygen atoms in total. The van der Waals surface area contributed by atoms with Gasteiger partial charge >= 0.3 is 0 Å². The summed E-state index contributed by atoms with van der Waals surface area (Å²) in [5, 5.41) is 3.86. The summed E-state index contributed by atoms with van der Waals surface area (Å²) in [7, 11) is 2.17. The third kappa shape index (κ3) is 4.57. The number of rotatable bonds is 3. The van der Waals surface area contributed by atoms with Gasteiger partial charge in [-0.3, -0.25) is 0 Å². The molecule has 1 aromatic rings. The SMILES string of the molecule is C[NH+]1CCN(C(=S)Nc2ccc(SC(F)F)cc2)CC1. The Labute approximate surface area is 127 Å². The highest BCUT2D eigenvalue weighted by Crippen LogP contribution is 2.26. The summed E-state index contributed by atoms with van der Waals surface area (Å²) in [6.45, 7) is 4.03. The second-order valence-corrected chi connectivity index (χ2v) is 6.23. The lowest BCUT2D eigenvalue weighted by atomic mass is 10.3. The van der Waals surface area contributed by atoms with Crippen molar-refractivity contribution in [3.8, 4) is 0 Å². The summed E-state index contributed by atoms with van der Waals surface area (Å²) in [6, 6.07) is 6.91. The Kier molecular flexibility index (Phi) is 5.56. The Morgan fingerprint density at radius 1 is 1.30 bits per heavy atom. The molecule has 0 unspecified atom stereocenters. The first-order valence-electron chi connectivity index (χ1n) is 6.46. The van der Waals surface area contributed by atoms with Crippen LogP contribution >= 0.6 is 24.0 Å². The average molecular weight is 318 g/mol. The van der Waals surface area contributed by atoms with E-state index in [1.807, 2.05) is 0 Å². The second-order valence-electron chi connectivity index (χ2n) is 4.78.